The highest BCUT2D eigenvalue weighted by atomic mass is 32.2. The van der Waals surface area contributed by atoms with E-state index in [1.165, 1.54) is 0 Å². The normalized spacial score (nSPS) is 20.5. The fourth-order valence-electron chi connectivity index (χ4n) is 2.41. The summed E-state index contributed by atoms with van der Waals surface area (Å²) in [7, 11) is -0.995. The highest BCUT2D eigenvalue weighted by molar-refractivity contribution is 7.84. The van der Waals surface area contributed by atoms with Gasteiger partial charge in [-0.2, -0.15) is 0 Å². The smallest absolute Gasteiger partial charge is 0.410 e. The number of pyridine rings is 1. The highest BCUT2D eigenvalue weighted by Gasteiger charge is 2.30. The van der Waals surface area contributed by atoms with Gasteiger partial charge in [-0.3, -0.25) is 9.19 Å². The molecule has 1 amide bonds. The van der Waals surface area contributed by atoms with Crippen LogP contribution in [0.3, 0.4) is 0 Å². The maximum atomic E-state index is 12.5. The topological polar surface area (TPSA) is 59.5 Å². The molecule has 1 aliphatic rings. The van der Waals surface area contributed by atoms with Crippen LogP contribution in [0.2, 0.25) is 0 Å². The van der Waals surface area contributed by atoms with Crippen LogP contribution >= 0.6 is 0 Å². The first-order chi connectivity index (χ1) is 10.3. The van der Waals surface area contributed by atoms with Gasteiger partial charge in [0.05, 0.1) is 5.25 Å². The molecule has 0 aliphatic carbocycles. The molecule has 1 saturated heterocycles. The molecular formula is C16H24N2O3S. The third-order valence-electron chi connectivity index (χ3n) is 3.46. The van der Waals surface area contributed by atoms with Gasteiger partial charge in [-0.25, -0.2) is 4.79 Å². The molecule has 0 unspecified atom stereocenters. The van der Waals surface area contributed by atoms with Gasteiger partial charge in [0, 0.05) is 42.0 Å². The van der Waals surface area contributed by atoms with Crippen molar-refractivity contribution in [1.29, 1.82) is 0 Å². The Morgan fingerprint density at radius 3 is 2.73 bits per heavy atom. The fraction of sp³-hybridized carbons (Fsp3) is 0.625. The van der Waals surface area contributed by atoms with E-state index >= 15 is 0 Å². The number of piperidine rings is 1. The number of hydrogen-bond donors (Lipinski definition) is 0. The SMILES string of the molecule is CC(C)(C)OC(=O)N1CCC[C@H]([S@](=O)Cc2ccncc2)C1. The largest absolute Gasteiger partial charge is 0.444 e. The lowest BCUT2D eigenvalue weighted by Gasteiger charge is -2.33. The molecule has 22 heavy (non-hydrogen) atoms. The number of ether oxygens (including phenoxy) is 1. The zero-order valence-corrected chi connectivity index (χ0v) is 14.3. The van der Waals surface area contributed by atoms with Crippen LogP contribution < -0.4 is 0 Å². The number of amides is 1. The predicted octanol–water partition coefficient (Wildman–Crippen LogP) is 2.73. The first-order valence-corrected chi connectivity index (χ1v) is 8.97. The molecular weight excluding hydrogens is 300 g/mol. The highest BCUT2D eigenvalue weighted by Crippen LogP contribution is 2.20. The molecule has 0 bridgehead atoms. The summed E-state index contributed by atoms with van der Waals surface area (Å²) < 4.78 is 17.9. The standard InChI is InChI=1S/C16H24N2O3S/c1-16(2,3)21-15(19)18-10-4-5-14(11-18)22(20)12-13-6-8-17-9-7-13/h6-9,14H,4-5,10-12H2,1-3H3/t14-,22+/m0/s1. The number of carbonyl (C=O) groups excluding carboxylic acids is 1. The molecule has 1 fully saturated rings. The number of aromatic nitrogens is 1. The summed E-state index contributed by atoms with van der Waals surface area (Å²) in [4.78, 5) is 17.8. The van der Waals surface area contributed by atoms with Crippen molar-refractivity contribution in [3.8, 4) is 0 Å². The average molecular weight is 324 g/mol. The summed E-state index contributed by atoms with van der Waals surface area (Å²) in [6.07, 6.45) is 4.86. The minimum Gasteiger partial charge on any atom is -0.444 e. The first-order valence-electron chi connectivity index (χ1n) is 7.59. The summed E-state index contributed by atoms with van der Waals surface area (Å²) in [5, 5.41) is 0.00873. The van der Waals surface area contributed by atoms with Crippen LogP contribution in [0.25, 0.3) is 0 Å². The van der Waals surface area contributed by atoms with Crippen LogP contribution in [-0.4, -0.2) is 44.1 Å². The Hall–Kier alpha value is -1.43. The summed E-state index contributed by atoms with van der Waals surface area (Å²) >= 11 is 0. The van der Waals surface area contributed by atoms with Gasteiger partial charge in [-0.05, 0) is 51.3 Å². The Labute approximate surface area is 134 Å². The Balaban J connectivity index is 1.92. The van der Waals surface area contributed by atoms with Crippen molar-refractivity contribution >= 4 is 16.9 Å². The molecule has 1 aliphatic heterocycles. The minimum absolute atomic E-state index is 0.00873. The second kappa shape index (κ2) is 7.22. The maximum Gasteiger partial charge on any atom is 0.410 e. The number of likely N-dealkylation sites (tertiary alicyclic amines) is 1. The molecule has 1 aromatic heterocycles. The van der Waals surface area contributed by atoms with Crippen molar-refractivity contribution in [3.63, 3.8) is 0 Å². The van der Waals surface area contributed by atoms with Gasteiger partial charge in [-0.1, -0.05) is 0 Å². The molecule has 0 spiro atoms. The van der Waals surface area contributed by atoms with E-state index in [-0.39, 0.29) is 11.3 Å². The lowest BCUT2D eigenvalue weighted by Crippen LogP contribution is -2.46. The third-order valence-corrected chi connectivity index (χ3v) is 5.21. The van der Waals surface area contributed by atoms with Crippen LogP contribution in [0, 0.1) is 0 Å². The number of nitrogens with zero attached hydrogens (tertiary/aromatic N) is 2. The van der Waals surface area contributed by atoms with E-state index in [0.717, 1.165) is 18.4 Å². The Morgan fingerprint density at radius 2 is 2.09 bits per heavy atom. The number of carbonyl (C=O) groups is 1. The van der Waals surface area contributed by atoms with Crippen LogP contribution in [0.5, 0.6) is 0 Å². The van der Waals surface area contributed by atoms with Crippen LogP contribution in [-0.2, 0) is 21.3 Å². The average Bonchev–Trinajstić information content (AvgIpc) is 2.46. The number of hydrogen-bond acceptors (Lipinski definition) is 4. The zero-order valence-electron chi connectivity index (χ0n) is 13.4. The van der Waals surface area contributed by atoms with Crippen molar-refractivity contribution < 1.29 is 13.7 Å². The maximum absolute atomic E-state index is 12.5. The Bertz CT molecular complexity index is 528. The fourth-order valence-corrected chi connectivity index (χ4v) is 3.94. The van der Waals surface area contributed by atoms with Gasteiger partial charge in [0.25, 0.3) is 0 Å². The van der Waals surface area contributed by atoms with E-state index in [1.54, 1.807) is 17.3 Å². The molecule has 2 atom stereocenters. The van der Waals surface area contributed by atoms with E-state index in [9.17, 15) is 9.00 Å². The lowest BCUT2D eigenvalue weighted by molar-refractivity contribution is 0.0219. The molecule has 0 saturated carbocycles. The van der Waals surface area contributed by atoms with Crippen LogP contribution in [0.15, 0.2) is 24.5 Å². The van der Waals surface area contributed by atoms with Gasteiger partial charge in [0.1, 0.15) is 5.60 Å². The van der Waals surface area contributed by atoms with E-state index in [2.05, 4.69) is 4.98 Å². The van der Waals surface area contributed by atoms with E-state index in [0.29, 0.717) is 18.8 Å². The van der Waals surface area contributed by atoms with Crippen molar-refractivity contribution in [2.75, 3.05) is 13.1 Å². The predicted molar refractivity (Wildman–Crippen MR) is 86.9 cm³/mol. The van der Waals surface area contributed by atoms with Crippen molar-refractivity contribution in [1.82, 2.24) is 9.88 Å². The molecule has 2 heterocycles. The van der Waals surface area contributed by atoms with Crippen LogP contribution in [0.1, 0.15) is 39.2 Å². The second-order valence-corrected chi connectivity index (χ2v) is 8.29. The second-order valence-electron chi connectivity index (χ2n) is 6.57. The molecule has 0 aromatic carbocycles. The molecule has 1 aromatic rings. The first kappa shape index (κ1) is 16.9. The molecule has 6 heteroatoms. The van der Waals surface area contributed by atoms with Gasteiger partial charge < -0.3 is 9.64 Å². The van der Waals surface area contributed by atoms with E-state index < -0.39 is 16.4 Å². The third kappa shape index (κ3) is 5.09. The van der Waals surface area contributed by atoms with Crippen LogP contribution in [0.4, 0.5) is 4.79 Å². The molecule has 5 nitrogen and oxygen atoms in total. The Kier molecular flexibility index (Phi) is 5.56. The number of rotatable bonds is 3. The molecule has 0 N–H and O–H groups in total. The summed E-state index contributed by atoms with van der Waals surface area (Å²) in [5.74, 6) is 0.509. The molecule has 2 rings (SSSR count). The van der Waals surface area contributed by atoms with Gasteiger partial charge in [-0.15, -0.1) is 0 Å². The van der Waals surface area contributed by atoms with Gasteiger partial charge in [0.2, 0.25) is 0 Å². The lowest BCUT2D eigenvalue weighted by atomic mass is 10.1. The quantitative estimate of drug-likeness (QED) is 0.858. The zero-order chi connectivity index (χ0) is 16.2. The van der Waals surface area contributed by atoms with Gasteiger partial charge in [0.15, 0.2) is 0 Å². The van der Waals surface area contributed by atoms with E-state index in [4.69, 9.17) is 4.74 Å². The molecule has 122 valence electrons. The molecule has 0 radical (unpaired) electrons. The monoisotopic (exact) mass is 324 g/mol. The van der Waals surface area contributed by atoms with Crippen molar-refractivity contribution in [2.45, 2.75) is 50.2 Å². The summed E-state index contributed by atoms with van der Waals surface area (Å²) in [5.41, 5.74) is 0.517. The van der Waals surface area contributed by atoms with E-state index in [1.807, 2.05) is 32.9 Å². The summed E-state index contributed by atoms with van der Waals surface area (Å²) in [6.45, 7) is 6.75. The van der Waals surface area contributed by atoms with Crippen molar-refractivity contribution in [3.05, 3.63) is 30.1 Å². The van der Waals surface area contributed by atoms with Gasteiger partial charge >= 0.3 is 6.09 Å². The minimum atomic E-state index is -0.995. The summed E-state index contributed by atoms with van der Waals surface area (Å²) in [6, 6.07) is 3.76. The Morgan fingerprint density at radius 1 is 1.41 bits per heavy atom. The van der Waals surface area contributed by atoms with Crippen molar-refractivity contribution in [2.24, 2.45) is 0 Å².